The van der Waals surface area contributed by atoms with Crippen LogP contribution >= 0.6 is 0 Å². The van der Waals surface area contributed by atoms with Gasteiger partial charge < -0.3 is 5.73 Å². The lowest BCUT2D eigenvalue weighted by Gasteiger charge is -2.30. The van der Waals surface area contributed by atoms with Gasteiger partial charge in [-0.15, -0.1) is 0 Å². The highest BCUT2D eigenvalue weighted by molar-refractivity contribution is 4.86. The van der Waals surface area contributed by atoms with Crippen molar-refractivity contribution in [2.75, 3.05) is 7.05 Å². The molecule has 0 spiro atoms. The predicted octanol–water partition coefficient (Wildman–Crippen LogP) is 11.8. The van der Waals surface area contributed by atoms with Crippen molar-refractivity contribution in [2.45, 2.75) is 177 Å². The van der Waals surface area contributed by atoms with Crippen LogP contribution in [0.5, 0.6) is 0 Å². The summed E-state index contributed by atoms with van der Waals surface area (Å²) in [6.45, 7) is 19.0. The van der Waals surface area contributed by atoms with Crippen LogP contribution in [0.3, 0.4) is 0 Å². The van der Waals surface area contributed by atoms with Gasteiger partial charge in [-0.05, 0) is 67.2 Å². The molecule has 0 saturated heterocycles. The van der Waals surface area contributed by atoms with Gasteiger partial charge in [0, 0.05) is 0 Å². The fourth-order valence-corrected chi connectivity index (χ4v) is 6.91. The summed E-state index contributed by atoms with van der Waals surface area (Å²) < 4.78 is 0. The zero-order valence-corrected chi connectivity index (χ0v) is 27.0. The summed E-state index contributed by atoms with van der Waals surface area (Å²) in [5.41, 5.74) is 5.03. The minimum atomic E-state index is 0.535. The molecule has 0 aromatic heterocycles. The minimum Gasteiger partial charge on any atom is -0.333 e. The van der Waals surface area contributed by atoms with Gasteiger partial charge in [0.05, 0.1) is 0 Å². The van der Waals surface area contributed by atoms with E-state index in [-0.39, 0.29) is 0 Å². The van der Waals surface area contributed by atoms with Crippen LogP contribution in [0.15, 0.2) is 0 Å². The summed E-state index contributed by atoms with van der Waals surface area (Å²) in [4.78, 5) is 0. The van der Waals surface area contributed by atoms with E-state index in [9.17, 15) is 0 Å². The van der Waals surface area contributed by atoms with E-state index in [1.54, 1.807) is 0 Å². The van der Waals surface area contributed by atoms with Crippen LogP contribution in [0, 0.1) is 40.9 Å². The summed E-state index contributed by atoms with van der Waals surface area (Å²) in [6, 6.07) is 0. The van der Waals surface area contributed by atoms with Gasteiger partial charge in [-0.2, -0.15) is 0 Å². The zero-order chi connectivity index (χ0) is 27.4. The smallest absolute Gasteiger partial charge is 0.0195 e. The Balaban J connectivity index is 0.000000666. The van der Waals surface area contributed by atoms with Gasteiger partial charge in [-0.25, -0.2) is 0 Å². The lowest BCUT2D eigenvalue weighted by molar-refractivity contribution is 0.212. The van der Waals surface area contributed by atoms with Crippen molar-refractivity contribution >= 4 is 0 Å². The largest absolute Gasteiger partial charge is 0.333 e. The number of rotatable bonds is 8. The van der Waals surface area contributed by atoms with Crippen molar-refractivity contribution in [1.82, 2.24) is 0 Å². The monoisotopic (exact) mass is 508 g/mol. The molecule has 3 fully saturated rings. The first-order valence-electron chi connectivity index (χ1n) is 16.8. The molecule has 3 aliphatic rings. The van der Waals surface area contributed by atoms with Crippen LogP contribution in [-0.4, -0.2) is 7.05 Å². The third kappa shape index (κ3) is 16.0. The molecule has 0 heterocycles. The van der Waals surface area contributed by atoms with Crippen molar-refractivity contribution < 1.29 is 0 Å². The Morgan fingerprint density at radius 1 is 0.667 bits per heavy atom. The van der Waals surface area contributed by atoms with E-state index in [4.69, 9.17) is 0 Å². The Bertz CT molecular complexity index is 431. The topological polar surface area (TPSA) is 26.0 Å². The third-order valence-corrected chi connectivity index (χ3v) is 10.3. The van der Waals surface area contributed by atoms with Crippen LogP contribution < -0.4 is 5.73 Å². The van der Waals surface area contributed by atoms with Crippen LogP contribution in [-0.2, 0) is 0 Å². The zero-order valence-electron chi connectivity index (χ0n) is 27.0. The highest BCUT2D eigenvalue weighted by Crippen LogP contribution is 2.46. The van der Waals surface area contributed by atoms with E-state index in [0.29, 0.717) is 5.41 Å². The first-order chi connectivity index (χ1) is 17.2. The Morgan fingerprint density at radius 2 is 1.11 bits per heavy atom. The van der Waals surface area contributed by atoms with Crippen molar-refractivity contribution in [3.05, 3.63) is 0 Å². The molecular formula is C35H73N. The number of hydrogen-bond donors (Lipinski definition) is 1. The molecular weight excluding hydrogens is 434 g/mol. The lowest BCUT2D eigenvalue weighted by Crippen LogP contribution is -2.19. The molecule has 3 aliphatic carbocycles. The van der Waals surface area contributed by atoms with Gasteiger partial charge in [0.1, 0.15) is 0 Å². The van der Waals surface area contributed by atoms with Gasteiger partial charge in [0.2, 0.25) is 0 Å². The number of hydrogen-bond acceptors (Lipinski definition) is 1. The Morgan fingerprint density at radius 3 is 1.44 bits per heavy atom. The van der Waals surface area contributed by atoms with Gasteiger partial charge in [0.15, 0.2) is 0 Å². The van der Waals surface area contributed by atoms with Gasteiger partial charge in [0.25, 0.3) is 0 Å². The average Bonchev–Trinajstić information content (AvgIpc) is 3.43. The van der Waals surface area contributed by atoms with Crippen molar-refractivity contribution in [1.29, 1.82) is 0 Å². The SMILES string of the molecule is C1CCCCC1.CCC(CC)CC.CCC1CCC(CCC(C)C2CCC(C(C)(C)C)C2)CC1.CN. The van der Waals surface area contributed by atoms with E-state index in [2.05, 4.69) is 61.1 Å². The van der Waals surface area contributed by atoms with Crippen molar-refractivity contribution in [3.8, 4) is 0 Å². The number of nitrogens with two attached hydrogens (primary N) is 1. The normalized spacial score (nSPS) is 27.1. The van der Waals surface area contributed by atoms with E-state index in [1.807, 2.05) is 0 Å². The maximum Gasteiger partial charge on any atom is -0.0195 e. The van der Waals surface area contributed by atoms with E-state index >= 15 is 0 Å². The summed E-state index contributed by atoms with van der Waals surface area (Å²) in [5.74, 6) is 6.09. The van der Waals surface area contributed by atoms with Gasteiger partial charge in [-0.3, -0.25) is 0 Å². The second kappa shape index (κ2) is 21.8. The molecule has 0 aromatic rings. The third-order valence-electron chi connectivity index (χ3n) is 10.3. The average molecular weight is 508 g/mol. The molecule has 3 atom stereocenters. The first kappa shape index (κ1) is 36.0. The van der Waals surface area contributed by atoms with Crippen LogP contribution in [0.4, 0.5) is 0 Å². The van der Waals surface area contributed by atoms with Gasteiger partial charge >= 0.3 is 0 Å². The highest BCUT2D eigenvalue weighted by Gasteiger charge is 2.35. The van der Waals surface area contributed by atoms with Crippen LogP contribution in [0.2, 0.25) is 0 Å². The predicted molar refractivity (Wildman–Crippen MR) is 167 cm³/mol. The van der Waals surface area contributed by atoms with Crippen LogP contribution in [0.1, 0.15) is 177 Å². The van der Waals surface area contributed by atoms with Gasteiger partial charge in [-0.1, -0.05) is 158 Å². The first-order valence-corrected chi connectivity index (χ1v) is 16.8. The molecule has 36 heavy (non-hydrogen) atoms. The fourth-order valence-electron chi connectivity index (χ4n) is 6.91. The Labute approximate surface area is 230 Å². The molecule has 0 aromatic carbocycles. The summed E-state index contributed by atoms with van der Waals surface area (Å²) >= 11 is 0. The maximum atomic E-state index is 4.50. The standard InChI is InChI=1S/C21H40.C7H16.C6H12.CH5N/c1-6-17-9-11-18(12-10-17)8-7-16(2)19-13-14-20(15-19)21(3,4)5;1-4-7(5-2)6-3;1-2-4-6-5-3-1;1-2/h16-20H,6-15H2,1-5H3;7H,4-6H2,1-3H3;1-6H2;2H2,1H3. The molecule has 3 unspecified atom stereocenters. The molecule has 0 amide bonds. The van der Waals surface area contributed by atoms with Crippen molar-refractivity contribution in [2.24, 2.45) is 46.7 Å². The minimum absolute atomic E-state index is 0.535. The summed E-state index contributed by atoms with van der Waals surface area (Å²) in [6.07, 6.45) is 28.1. The molecule has 0 radical (unpaired) electrons. The molecule has 2 N–H and O–H groups in total. The molecule has 1 heteroatoms. The Kier molecular flexibility index (Phi) is 21.8. The van der Waals surface area contributed by atoms with Crippen LogP contribution in [0.25, 0.3) is 0 Å². The highest BCUT2D eigenvalue weighted by atomic mass is 14.4. The second-order valence-corrected chi connectivity index (χ2v) is 13.7. The molecule has 218 valence electrons. The maximum absolute atomic E-state index is 4.50. The van der Waals surface area contributed by atoms with E-state index < -0.39 is 0 Å². The lowest BCUT2D eigenvalue weighted by atomic mass is 9.76. The molecule has 3 saturated carbocycles. The summed E-state index contributed by atoms with van der Waals surface area (Å²) in [7, 11) is 1.50. The quantitative estimate of drug-likeness (QED) is 0.347. The summed E-state index contributed by atoms with van der Waals surface area (Å²) in [5, 5.41) is 0. The molecule has 0 bridgehead atoms. The Hall–Kier alpha value is -0.0400. The molecule has 1 nitrogen and oxygen atoms in total. The van der Waals surface area contributed by atoms with Crippen molar-refractivity contribution in [3.63, 3.8) is 0 Å². The molecule has 3 rings (SSSR count). The van der Waals surface area contributed by atoms with E-state index in [1.165, 1.54) is 129 Å². The van der Waals surface area contributed by atoms with E-state index in [0.717, 1.165) is 35.5 Å². The fraction of sp³-hybridized carbons (Fsp3) is 1.00. The second-order valence-electron chi connectivity index (χ2n) is 13.7. The molecule has 0 aliphatic heterocycles.